The number of carbonyl (C=O) groups is 1. The van der Waals surface area contributed by atoms with Crippen LogP contribution in [0.4, 0.5) is 9.52 Å². The van der Waals surface area contributed by atoms with Crippen molar-refractivity contribution in [2.45, 2.75) is 25.9 Å². The summed E-state index contributed by atoms with van der Waals surface area (Å²) >= 11 is 1.41. The first-order valence-electron chi connectivity index (χ1n) is 9.20. The van der Waals surface area contributed by atoms with Gasteiger partial charge in [-0.05, 0) is 43.5 Å². The van der Waals surface area contributed by atoms with Crippen LogP contribution in [0.25, 0.3) is 10.2 Å². The molecule has 1 saturated heterocycles. The highest BCUT2D eigenvalue weighted by atomic mass is 32.1. The Morgan fingerprint density at radius 3 is 2.89 bits per heavy atom. The number of aromatic nitrogens is 1. The second kappa shape index (κ2) is 7.85. The summed E-state index contributed by atoms with van der Waals surface area (Å²) in [6.07, 6.45) is 1.75. The lowest BCUT2D eigenvalue weighted by molar-refractivity contribution is 0.0914. The summed E-state index contributed by atoms with van der Waals surface area (Å²) in [6, 6.07) is 9.85. The van der Waals surface area contributed by atoms with E-state index in [1.165, 1.54) is 28.4 Å². The van der Waals surface area contributed by atoms with Crippen molar-refractivity contribution in [2.24, 2.45) is 0 Å². The van der Waals surface area contributed by atoms with Crippen LogP contribution in [0, 0.1) is 12.7 Å². The highest BCUT2D eigenvalue weighted by Gasteiger charge is 2.29. The van der Waals surface area contributed by atoms with Crippen LogP contribution >= 0.6 is 11.3 Å². The zero-order chi connectivity index (χ0) is 19.7. The van der Waals surface area contributed by atoms with Gasteiger partial charge in [0.15, 0.2) is 5.13 Å². The van der Waals surface area contributed by atoms with Crippen molar-refractivity contribution in [3.8, 4) is 5.75 Å². The van der Waals surface area contributed by atoms with E-state index in [0.717, 1.165) is 23.1 Å². The Hall–Kier alpha value is -2.51. The number of hydrogen-bond donors (Lipinski definition) is 0. The topological polar surface area (TPSA) is 51.7 Å². The average Bonchev–Trinajstić information content (AvgIpc) is 3.36. The first-order valence-corrected chi connectivity index (χ1v) is 10.0. The smallest absolute Gasteiger partial charge is 0.263 e. The molecule has 146 valence electrons. The fraction of sp³-hybridized carbons (Fsp3) is 0.333. The van der Waals surface area contributed by atoms with Gasteiger partial charge in [-0.3, -0.25) is 9.69 Å². The molecule has 0 N–H and O–H groups in total. The van der Waals surface area contributed by atoms with Crippen LogP contribution in [0.2, 0.25) is 0 Å². The van der Waals surface area contributed by atoms with Crippen molar-refractivity contribution in [3.05, 3.63) is 53.3 Å². The third-order valence-electron chi connectivity index (χ3n) is 4.90. The summed E-state index contributed by atoms with van der Waals surface area (Å²) in [5.41, 5.74) is 1.79. The molecule has 0 saturated carbocycles. The maximum absolute atomic E-state index is 14.3. The molecule has 4 rings (SSSR count). The molecule has 2 heterocycles. The number of ether oxygens (including phenoxy) is 2. The molecule has 0 radical (unpaired) electrons. The van der Waals surface area contributed by atoms with Crippen molar-refractivity contribution >= 4 is 32.6 Å². The average molecular weight is 400 g/mol. The minimum Gasteiger partial charge on any atom is -0.494 e. The van der Waals surface area contributed by atoms with Crippen LogP contribution < -0.4 is 9.64 Å². The zero-order valence-electron chi connectivity index (χ0n) is 15.8. The highest BCUT2D eigenvalue weighted by Crippen LogP contribution is 2.37. The number of amides is 1. The summed E-state index contributed by atoms with van der Waals surface area (Å²) in [4.78, 5) is 19.5. The Bertz CT molecular complexity index is 1010. The summed E-state index contributed by atoms with van der Waals surface area (Å²) in [5.74, 6) is -0.303. The molecule has 28 heavy (non-hydrogen) atoms. The van der Waals surface area contributed by atoms with Gasteiger partial charge in [-0.1, -0.05) is 29.5 Å². The number of nitrogens with zero attached hydrogens (tertiary/aromatic N) is 2. The molecular formula is C21H21FN2O3S. The third-order valence-corrected chi connectivity index (χ3v) is 6.12. The fourth-order valence-electron chi connectivity index (χ4n) is 3.40. The molecule has 1 unspecified atom stereocenters. The number of halogens is 1. The molecule has 3 aromatic rings. The Labute approximate surface area is 166 Å². The maximum Gasteiger partial charge on any atom is 0.263 e. The second-order valence-electron chi connectivity index (χ2n) is 6.79. The number of methoxy groups -OCH3 is 1. The highest BCUT2D eigenvalue weighted by molar-refractivity contribution is 7.22. The Balaban J connectivity index is 1.79. The molecular weight excluding hydrogens is 379 g/mol. The van der Waals surface area contributed by atoms with E-state index in [1.807, 2.05) is 19.1 Å². The molecule has 1 aliphatic rings. The Kier molecular flexibility index (Phi) is 5.28. The standard InChI is InChI=1S/C21H21FN2O3S/c1-13-9-10-17(26-2)18-19(13)28-21(23-18)24(12-14-6-5-11-27-14)20(25)15-7-3-4-8-16(15)22/h3-4,7-10,14H,5-6,11-12H2,1-2H3. The van der Waals surface area contributed by atoms with Crippen molar-refractivity contribution in [3.63, 3.8) is 0 Å². The van der Waals surface area contributed by atoms with Crippen molar-refractivity contribution < 1.29 is 18.7 Å². The van der Waals surface area contributed by atoms with Crippen molar-refractivity contribution in [1.29, 1.82) is 0 Å². The Morgan fingerprint density at radius 1 is 1.36 bits per heavy atom. The number of aryl methyl sites for hydroxylation is 1. The fourth-order valence-corrected chi connectivity index (χ4v) is 4.46. The van der Waals surface area contributed by atoms with Gasteiger partial charge in [0.1, 0.15) is 17.1 Å². The van der Waals surface area contributed by atoms with Crippen LogP contribution in [0.1, 0.15) is 28.8 Å². The van der Waals surface area contributed by atoms with Gasteiger partial charge in [0.25, 0.3) is 5.91 Å². The molecule has 1 aliphatic heterocycles. The molecule has 2 aromatic carbocycles. The normalized spacial score (nSPS) is 16.5. The molecule has 0 bridgehead atoms. The van der Waals surface area contributed by atoms with E-state index in [-0.39, 0.29) is 11.7 Å². The van der Waals surface area contributed by atoms with Gasteiger partial charge in [0.05, 0.1) is 30.0 Å². The molecule has 1 amide bonds. The predicted octanol–water partition coefficient (Wildman–Crippen LogP) is 4.58. The quantitative estimate of drug-likeness (QED) is 0.629. The molecule has 0 aliphatic carbocycles. The van der Waals surface area contributed by atoms with Crippen LogP contribution in [0.3, 0.4) is 0 Å². The van der Waals surface area contributed by atoms with Crippen LogP contribution in [0.15, 0.2) is 36.4 Å². The van der Waals surface area contributed by atoms with E-state index in [0.29, 0.717) is 29.5 Å². The molecule has 7 heteroatoms. The monoisotopic (exact) mass is 400 g/mol. The molecule has 1 fully saturated rings. The maximum atomic E-state index is 14.3. The van der Waals surface area contributed by atoms with Gasteiger partial charge in [0.2, 0.25) is 0 Å². The SMILES string of the molecule is COc1ccc(C)c2sc(N(CC3CCCO3)C(=O)c3ccccc3F)nc12. The third kappa shape index (κ3) is 3.47. The van der Waals surface area contributed by atoms with Gasteiger partial charge in [-0.15, -0.1) is 0 Å². The number of hydrogen-bond acceptors (Lipinski definition) is 5. The molecule has 1 atom stereocenters. The van der Waals surface area contributed by atoms with Crippen molar-refractivity contribution in [2.75, 3.05) is 25.2 Å². The largest absolute Gasteiger partial charge is 0.494 e. The zero-order valence-corrected chi connectivity index (χ0v) is 16.6. The number of fused-ring (bicyclic) bond motifs is 1. The van der Waals surface area contributed by atoms with Gasteiger partial charge >= 0.3 is 0 Å². The Morgan fingerprint density at radius 2 is 2.18 bits per heavy atom. The minimum absolute atomic E-state index is 0.0310. The summed E-state index contributed by atoms with van der Waals surface area (Å²) in [5, 5.41) is 0.520. The number of rotatable bonds is 5. The first kappa shape index (κ1) is 18.8. The van der Waals surface area contributed by atoms with E-state index in [2.05, 4.69) is 4.98 Å². The second-order valence-corrected chi connectivity index (χ2v) is 7.77. The predicted molar refractivity (Wildman–Crippen MR) is 108 cm³/mol. The van der Waals surface area contributed by atoms with Gasteiger partial charge in [-0.2, -0.15) is 0 Å². The van der Waals surface area contributed by atoms with Crippen molar-refractivity contribution in [1.82, 2.24) is 4.98 Å². The van der Waals surface area contributed by atoms with E-state index < -0.39 is 11.7 Å². The summed E-state index contributed by atoms with van der Waals surface area (Å²) in [6.45, 7) is 3.01. The summed E-state index contributed by atoms with van der Waals surface area (Å²) < 4.78 is 26.4. The summed E-state index contributed by atoms with van der Waals surface area (Å²) in [7, 11) is 1.60. The first-order chi connectivity index (χ1) is 13.6. The molecule has 5 nitrogen and oxygen atoms in total. The van der Waals surface area contributed by atoms with Crippen LogP contribution in [0.5, 0.6) is 5.75 Å². The molecule has 1 aromatic heterocycles. The number of anilines is 1. The van der Waals surface area contributed by atoms with Crippen LogP contribution in [-0.2, 0) is 4.74 Å². The van der Waals surface area contributed by atoms with E-state index in [9.17, 15) is 9.18 Å². The van der Waals surface area contributed by atoms with Gasteiger partial charge < -0.3 is 9.47 Å². The lowest BCUT2D eigenvalue weighted by atomic mass is 10.1. The van der Waals surface area contributed by atoms with Crippen LogP contribution in [-0.4, -0.2) is 37.3 Å². The van der Waals surface area contributed by atoms with Gasteiger partial charge in [0, 0.05) is 6.61 Å². The lowest BCUT2D eigenvalue weighted by Crippen LogP contribution is -2.37. The van der Waals surface area contributed by atoms with E-state index in [1.54, 1.807) is 19.2 Å². The number of carbonyl (C=O) groups excluding carboxylic acids is 1. The van der Waals surface area contributed by atoms with Gasteiger partial charge in [-0.25, -0.2) is 9.37 Å². The molecule has 0 spiro atoms. The lowest BCUT2D eigenvalue weighted by Gasteiger charge is -2.23. The van der Waals surface area contributed by atoms with E-state index >= 15 is 0 Å². The number of thiazole rings is 1. The number of benzene rings is 2. The minimum atomic E-state index is -0.542. The van der Waals surface area contributed by atoms with E-state index in [4.69, 9.17) is 9.47 Å².